The molecule has 0 aliphatic carbocycles. The molecule has 0 rings (SSSR count). The van der Waals surface area contributed by atoms with Crippen LogP contribution < -0.4 is 11.5 Å². The number of rotatable bonds is 4. The molecule has 0 amide bonds. The minimum absolute atomic E-state index is 0. The van der Waals surface area contributed by atoms with Crippen molar-refractivity contribution in [1.82, 2.24) is 0 Å². The van der Waals surface area contributed by atoms with Gasteiger partial charge in [0.15, 0.2) is 0 Å². The molecule has 0 bridgehead atoms. The second kappa shape index (κ2) is 7.50. The Morgan fingerprint density at radius 1 is 1.60 bits per heavy atom. The van der Waals surface area contributed by atoms with Crippen LogP contribution in [0, 0.1) is 0 Å². The Morgan fingerprint density at radius 2 is 2.10 bits per heavy atom. The Kier molecular flexibility index (Phi) is 9.76. The first kappa shape index (κ1) is 13.0. The van der Waals surface area contributed by atoms with Gasteiger partial charge < -0.3 is 16.6 Å². The summed E-state index contributed by atoms with van der Waals surface area (Å²) in [6, 6.07) is -0.742. The van der Waals surface area contributed by atoms with Gasteiger partial charge in [-0.15, -0.1) is 0 Å². The summed E-state index contributed by atoms with van der Waals surface area (Å²) in [4.78, 5) is 10.0. The number of carboxylic acid groups (broad SMARTS) is 1. The molecule has 56 valence electrons. The van der Waals surface area contributed by atoms with Crippen molar-refractivity contribution in [3.05, 3.63) is 0 Å². The second-order valence-corrected chi connectivity index (χ2v) is 1.88. The summed E-state index contributed by atoms with van der Waals surface area (Å²) in [5.41, 5.74) is 10.3. The van der Waals surface area contributed by atoms with Crippen molar-refractivity contribution in [2.24, 2.45) is 11.5 Å². The number of nitrogens with two attached hydrogens (primary N) is 2. The predicted molar refractivity (Wildman–Crippen MR) is 41.0 cm³/mol. The molecule has 0 aliphatic rings. The quantitative estimate of drug-likeness (QED) is 0.431. The Hall–Kier alpha value is 0.390. The van der Waals surface area contributed by atoms with Crippen molar-refractivity contribution >= 4 is 35.5 Å². The van der Waals surface area contributed by atoms with Gasteiger partial charge in [0.2, 0.25) is 0 Å². The van der Waals surface area contributed by atoms with E-state index in [9.17, 15) is 4.79 Å². The molecule has 0 fully saturated rings. The van der Waals surface area contributed by atoms with Gasteiger partial charge in [-0.05, 0) is 19.4 Å². The average Bonchev–Trinajstić information content (AvgIpc) is 1.82. The molecule has 4 nitrogen and oxygen atoms in total. The van der Waals surface area contributed by atoms with Crippen LogP contribution in [0.1, 0.15) is 12.8 Å². The van der Waals surface area contributed by atoms with Gasteiger partial charge in [0.25, 0.3) is 0 Å². The summed E-state index contributed by atoms with van der Waals surface area (Å²) in [5, 5.41) is 8.24. The zero-order chi connectivity index (χ0) is 7.28. The van der Waals surface area contributed by atoms with E-state index in [2.05, 4.69) is 0 Å². The van der Waals surface area contributed by atoms with Crippen LogP contribution >= 0.6 is 0 Å². The maximum absolute atomic E-state index is 10.0. The fourth-order valence-electron chi connectivity index (χ4n) is 0.461. The van der Waals surface area contributed by atoms with Crippen molar-refractivity contribution in [3.63, 3.8) is 0 Å². The maximum atomic E-state index is 10.0. The van der Waals surface area contributed by atoms with E-state index in [1.54, 1.807) is 0 Å². The molecule has 10 heavy (non-hydrogen) atoms. The summed E-state index contributed by atoms with van der Waals surface area (Å²) < 4.78 is 0. The fourth-order valence-corrected chi connectivity index (χ4v) is 0.461. The van der Waals surface area contributed by atoms with Crippen LogP contribution in [0.2, 0.25) is 0 Å². The van der Waals surface area contributed by atoms with Gasteiger partial charge in [-0.3, -0.25) is 4.79 Å². The van der Waals surface area contributed by atoms with E-state index in [1.807, 2.05) is 0 Å². The summed E-state index contributed by atoms with van der Waals surface area (Å²) in [6.07, 6.45) is 1.14. The van der Waals surface area contributed by atoms with E-state index in [4.69, 9.17) is 16.6 Å². The van der Waals surface area contributed by atoms with Crippen LogP contribution in [0.5, 0.6) is 0 Å². The zero-order valence-electron chi connectivity index (χ0n) is 5.21. The summed E-state index contributed by atoms with van der Waals surface area (Å²) >= 11 is 0. The Labute approximate surface area is 82.2 Å². The number of hydrogen-bond acceptors (Lipinski definition) is 3. The van der Waals surface area contributed by atoms with Gasteiger partial charge in [-0.25, -0.2) is 0 Å². The zero-order valence-corrected chi connectivity index (χ0v) is 5.21. The summed E-state index contributed by atoms with van der Waals surface area (Å²) in [6.45, 7) is 0.501. The molecule has 0 heterocycles. The number of carboxylic acids is 1. The van der Waals surface area contributed by atoms with Crippen molar-refractivity contribution in [3.8, 4) is 0 Å². The molecule has 1 unspecified atom stereocenters. The first-order valence-corrected chi connectivity index (χ1v) is 2.87. The Morgan fingerprint density at radius 3 is 2.40 bits per heavy atom. The standard InChI is InChI=1S/C5H12N2O2.Na.H/c6-3-1-2-4(7)5(8)9;;/h4H,1-3,6-7H2,(H,8,9);;. The van der Waals surface area contributed by atoms with E-state index in [-0.39, 0.29) is 29.6 Å². The van der Waals surface area contributed by atoms with Crippen LogP contribution in [-0.2, 0) is 4.79 Å². The molecule has 0 aliphatic heterocycles. The Bertz CT molecular complexity index is 99.6. The monoisotopic (exact) mass is 156 g/mol. The fraction of sp³-hybridized carbons (Fsp3) is 0.800. The molecule has 5 heteroatoms. The molecule has 0 saturated heterocycles. The SMILES string of the molecule is NCCCC(N)C(=O)O.[NaH]. The molecule has 0 spiro atoms. The first-order chi connectivity index (χ1) is 4.18. The Balaban J connectivity index is 0. The molecule has 1 atom stereocenters. The average molecular weight is 156 g/mol. The van der Waals surface area contributed by atoms with Gasteiger partial charge in [0, 0.05) is 0 Å². The molecule has 0 aromatic rings. The van der Waals surface area contributed by atoms with Gasteiger partial charge in [-0.1, -0.05) is 0 Å². The van der Waals surface area contributed by atoms with E-state index < -0.39 is 12.0 Å². The van der Waals surface area contributed by atoms with E-state index >= 15 is 0 Å². The van der Waals surface area contributed by atoms with E-state index in [0.717, 1.165) is 0 Å². The van der Waals surface area contributed by atoms with Crippen molar-refractivity contribution in [2.45, 2.75) is 18.9 Å². The summed E-state index contributed by atoms with van der Waals surface area (Å²) in [7, 11) is 0. The predicted octanol–water partition coefficient (Wildman–Crippen LogP) is -1.51. The third kappa shape index (κ3) is 6.51. The van der Waals surface area contributed by atoms with Crippen LogP contribution in [0.4, 0.5) is 0 Å². The van der Waals surface area contributed by atoms with Crippen LogP contribution in [0.3, 0.4) is 0 Å². The molecular weight excluding hydrogens is 143 g/mol. The number of aliphatic carboxylic acids is 1. The van der Waals surface area contributed by atoms with Crippen LogP contribution in [-0.4, -0.2) is 53.2 Å². The van der Waals surface area contributed by atoms with Gasteiger partial charge in [0.1, 0.15) is 6.04 Å². The van der Waals surface area contributed by atoms with Crippen molar-refractivity contribution in [2.75, 3.05) is 6.54 Å². The van der Waals surface area contributed by atoms with Gasteiger partial charge in [-0.2, -0.15) is 0 Å². The molecule has 0 aromatic carbocycles. The van der Waals surface area contributed by atoms with E-state index in [0.29, 0.717) is 19.4 Å². The van der Waals surface area contributed by atoms with Gasteiger partial charge >= 0.3 is 35.5 Å². The first-order valence-electron chi connectivity index (χ1n) is 2.87. The topological polar surface area (TPSA) is 89.3 Å². The molecular formula is C5H13N2NaO2. The van der Waals surface area contributed by atoms with Crippen LogP contribution in [0.15, 0.2) is 0 Å². The van der Waals surface area contributed by atoms with Crippen LogP contribution in [0.25, 0.3) is 0 Å². The molecule has 0 saturated carbocycles. The third-order valence-electron chi connectivity index (χ3n) is 1.04. The number of hydrogen-bond donors (Lipinski definition) is 3. The van der Waals surface area contributed by atoms with E-state index in [1.165, 1.54) is 0 Å². The molecule has 5 N–H and O–H groups in total. The molecule has 0 radical (unpaired) electrons. The second-order valence-electron chi connectivity index (χ2n) is 1.88. The summed E-state index contributed by atoms with van der Waals surface area (Å²) in [5.74, 6) is -0.955. The minimum atomic E-state index is -0.955. The van der Waals surface area contributed by atoms with Gasteiger partial charge in [0.05, 0.1) is 0 Å². The molecule has 0 aromatic heterocycles. The van der Waals surface area contributed by atoms with Crippen molar-refractivity contribution < 1.29 is 9.90 Å². The third-order valence-corrected chi connectivity index (χ3v) is 1.04. The van der Waals surface area contributed by atoms with Crippen molar-refractivity contribution in [1.29, 1.82) is 0 Å². The number of carbonyl (C=O) groups is 1. The normalized spacial score (nSPS) is 11.8.